The van der Waals surface area contributed by atoms with Gasteiger partial charge in [0.1, 0.15) is 5.75 Å². The Bertz CT molecular complexity index is 972. The van der Waals surface area contributed by atoms with Crippen LogP contribution in [0.25, 0.3) is 0 Å². The van der Waals surface area contributed by atoms with Crippen LogP contribution in [0.2, 0.25) is 0 Å². The molecular weight excluding hydrogens is 426 g/mol. The first-order valence-corrected chi connectivity index (χ1v) is 10.8. The number of benzene rings is 2. The lowest BCUT2D eigenvalue weighted by Gasteiger charge is -2.26. The smallest absolute Gasteiger partial charge is 0.338 e. The minimum absolute atomic E-state index is 0.163. The molecule has 0 aliphatic carbocycles. The monoisotopic (exact) mass is 455 g/mol. The number of ether oxygens (including phenoxy) is 4. The Morgan fingerprint density at radius 2 is 1.61 bits per heavy atom. The molecule has 2 aromatic rings. The summed E-state index contributed by atoms with van der Waals surface area (Å²) in [5, 5.41) is 0. The van der Waals surface area contributed by atoms with Crippen molar-refractivity contribution in [2.45, 2.75) is 45.3 Å². The number of esters is 1. The molecule has 0 radical (unpaired) electrons. The van der Waals surface area contributed by atoms with Crippen molar-refractivity contribution in [3.8, 4) is 5.75 Å². The molecule has 2 unspecified atom stereocenters. The van der Waals surface area contributed by atoms with E-state index in [2.05, 4.69) is 0 Å². The zero-order valence-corrected chi connectivity index (χ0v) is 19.3. The summed E-state index contributed by atoms with van der Waals surface area (Å²) in [6.07, 6.45) is -2.46. The Balaban J connectivity index is 1.85. The van der Waals surface area contributed by atoms with Crippen LogP contribution >= 0.6 is 0 Å². The number of Topliss-reactive ketones (excluding diaryl/α,β-unsaturated/α-hetero) is 1. The van der Waals surface area contributed by atoms with Crippen LogP contribution in [0.4, 0.5) is 0 Å². The lowest BCUT2D eigenvalue weighted by molar-refractivity contribution is -0.169. The molecular formula is C25H29NO7. The van der Waals surface area contributed by atoms with Gasteiger partial charge in [-0.2, -0.15) is 0 Å². The zero-order valence-electron chi connectivity index (χ0n) is 19.3. The Morgan fingerprint density at radius 1 is 0.970 bits per heavy atom. The third kappa shape index (κ3) is 6.18. The molecule has 0 saturated carbocycles. The lowest BCUT2D eigenvalue weighted by Crippen LogP contribution is -2.47. The van der Waals surface area contributed by atoms with Crippen molar-refractivity contribution in [2.75, 3.05) is 20.3 Å². The molecule has 8 nitrogen and oxygen atoms in total. The summed E-state index contributed by atoms with van der Waals surface area (Å²) >= 11 is 0. The topological polar surface area (TPSA) is 91.4 Å². The van der Waals surface area contributed by atoms with Gasteiger partial charge in [-0.25, -0.2) is 4.79 Å². The van der Waals surface area contributed by atoms with E-state index in [1.807, 2.05) is 37.3 Å². The maximum absolute atomic E-state index is 13.5. The number of amides is 1. The van der Waals surface area contributed by atoms with Crippen LogP contribution in [-0.4, -0.2) is 60.8 Å². The molecule has 1 amide bonds. The summed E-state index contributed by atoms with van der Waals surface area (Å²) < 4.78 is 21.6. The first kappa shape index (κ1) is 24.4. The number of ketones is 1. The number of nitrogens with zero attached hydrogens (tertiary/aromatic N) is 1. The molecule has 0 spiro atoms. The molecule has 1 aliphatic heterocycles. The van der Waals surface area contributed by atoms with Gasteiger partial charge in [0, 0.05) is 12.1 Å². The maximum atomic E-state index is 13.5. The molecule has 3 rings (SSSR count). The number of methoxy groups -OCH3 is 1. The van der Waals surface area contributed by atoms with Crippen LogP contribution in [-0.2, 0) is 30.3 Å². The third-order valence-corrected chi connectivity index (χ3v) is 5.12. The second kappa shape index (κ2) is 10.6. The summed E-state index contributed by atoms with van der Waals surface area (Å²) in [6, 6.07) is 16.0. The van der Waals surface area contributed by atoms with E-state index < -0.39 is 29.9 Å². The van der Waals surface area contributed by atoms with Gasteiger partial charge in [-0.15, -0.1) is 0 Å². The zero-order chi connectivity index (χ0) is 24.0. The molecule has 8 heteroatoms. The first-order chi connectivity index (χ1) is 15.7. The van der Waals surface area contributed by atoms with Crippen molar-refractivity contribution < 1.29 is 33.3 Å². The summed E-state index contributed by atoms with van der Waals surface area (Å²) in [4.78, 5) is 40.2. The summed E-state index contributed by atoms with van der Waals surface area (Å²) in [6.45, 7) is 5.59. The van der Waals surface area contributed by atoms with Gasteiger partial charge in [-0.05, 0) is 50.6 Å². The molecule has 0 bridgehead atoms. The number of hydrogen-bond acceptors (Lipinski definition) is 7. The average molecular weight is 456 g/mol. The van der Waals surface area contributed by atoms with Gasteiger partial charge in [-0.1, -0.05) is 30.3 Å². The van der Waals surface area contributed by atoms with E-state index in [0.717, 1.165) is 5.56 Å². The molecule has 2 aromatic carbocycles. The van der Waals surface area contributed by atoms with Gasteiger partial charge in [-0.3, -0.25) is 9.59 Å². The molecule has 1 saturated heterocycles. The number of carbonyl (C=O) groups is 3. The second-order valence-electron chi connectivity index (χ2n) is 8.06. The second-order valence-corrected chi connectivity index (χ2v) is 8.06. The first-order valence-electron chi connectivity index (χ1n) is 10.8. The van der Waals surface area contributed by atoms with Crippen molar-refractivity contribution in [2.24, 2.45) is 0 Å². The van der Waals surface area contributed by atoms with Gasteiger partial charge < -0.3 is 23.8 Å². The van der Waals surface area contributed by atoms with Crippen molar-refractivity contribution in [1.29, 1.82) is 0 Å². The summed E-state index contributed by atoms with van der Waals surface area (Å²) in [7, 11) is 1.22. The van der Waals surface area contributed by atoms with Crippen molar-refractivity contribution in [3.63, 3.8) is 0 Å². The van der Waals surface area contributed by atoms with Crippen LogP contribution in [0.5, 0.6) is 5.75 Å². The van der Waals surface area contributed by atoms with E-state index in [4.69, 9.17) is 18.9 Å². The molecule has 1 fully saturated rings. The normalized spacial score (nSPS) is 19.0. The molecule has 0 N–H and O–H groups in total. The van der Waals surface area contributed by atoms with E-state index in [9.17, 15) is 14.4 Å². The highest BCUT2D eigenvalue weighted by molar-refractivity contribution is 6.00. The van der Waals surface area contributed by atoms with E-state index in [1.54, 1.807) is 38.1 Å². The van der Waals surface area contributed by atoms with E-state index in [1.165, 1.54) is 12.0 Å². The summed E-state index contributed by atoms with van der Waals surface area (Å²) in [5.74, 6) is -1.99. The van der Waals surface area contributed by atoms with Crippen LogP contribution in [0.1, 0.15) is 36.7 Å². The predicted octanol–water partition coefficient (Wildman–Crippen LogP) is 2.99. The molecule has 0 aromatic heterocycles. The van der Waals surface area contributed by atoms with E-state index in [-0.39, 0.29) is 18.9 Å². The van der Waals surface area contributed by atoms with Gasteiger partial charge in [0.15, 0.2) is 23.8 Å². The van der Waals surface area contributed by atoms with Crippen molar-refractivity contribution in [1.82, 2.24) is 4.90 Å². The highest BCUT2D eigenvalue weighted by Crippen LogP contribution is 2.30. The van der Waals surface area contributed by atoms with Gasteiger partial charge in [0.25, 0.3) is 5.91 Å². The van der Waals surface area contributed by atoms with Gasteiger partial charge >= 0.3 is 5.97 Å². The fourth-order valence-electron chi connectivity index (χ4n) is 3.59. The standard InChI is InChI=1S/C25H29NO7/c1-5-31-19-13-11-18(12-14-19)20(27)16-26(15-17-9-7-6-8-10-17)23(28)21-22(24(29)30-4)33-25(2,3)32-21/h6-14,21-22H,5,15-16H2,1-4H3. The fourth-order valence-corrected chi connectivity index (χ4v) is 3.59. The lowest BCUT2D eigenvalue weighted by atomic mass is 10.1. The van der Waals surface area contributed by atoms with Crippen LogP contribution in [0, 0.1) is 0 Å². The molecule has 33 heavy (non-hydrogen) atoms. The third-order valence-electron chi connectivity index (χ3n) is 5.12. The highest BCUT2D eigenvalue weighted by Gasteiger charge is 2.50. The SMILES string of the molecule is CCOc1ccc(C(=O)CN(Cc2ccccc2)C(=O)C2OC(C)(C)OC2C(=O)OC)cc1. The number of rotatable bonds is 9. The van der Waals surface area contributed by atoms with Crippen molar-refractivity contribution >= 4 is 17.7 Å². The molecule has 1 heterocycles. The highest BCUT2D eigenvalue weighted by atomic mass is 16.8. The molecule has 176 valence electrons. The predicted molar refractivity (Wildman–Crippen MR) is 120 cm³/mol. The van der Waals surface area contributed by atoms with Crippen molar-refractivity contribution in [3.05, 3.63) is 65.7 Å². The molecule has 2 atom stereocenters. The fraction of sp³-hybridized carbons (Fsp3) is 0.400. The summed E-state index contributed by atoms with van der Waals surface area (Å²) in [5.41, 5.74) is 1.27. The maximum Gasteiger partial charge on any atom is 0.338 e. The Hall–Kier alpha value is -3.23. The minimum atomic E-state index is -1.23. The van der Waals surface area contributed by atoms with E-state index >= 15 is 0 Å². The average Bonchev–Trinajstić information content (AvgIpc) is 3.14. The Morgan fingerprint density at radius 3 is 2.21 bits per heavy atom. The Kier molecular flexibility index (Phi) is 7.84. The van der Waals surface area contributed by atoms with Crippen LogP contribution in [0.15, 0.2) is 54.6 Å². The quantitative estimate of drug-likeness (QED) is 0.424. The largest absolute Gasteiger partial charge is 0.494 e. The number of carbonyl (C=O) groups excluding carboxylic acids is 3. The number of hydrogen-bond donors (Lipinski definition) is 0. The van der Waals surface area contributed by atoms with Crippen LogP contribution < -0.4 is 4.74 Å². The minimum Gasteiger partial charge on any atom is -0.494 e. The van der Waals surface area contributed by atoms with Gasteiger partial charge in [0.2, 0.25) is 0 Å². The van der Waals surface area contributed by atoms with Crippen LogP contribution in [0.3, 0.4) is 0 Å². The van der Waals surface area contributed by atoms with E-state index in [0.29, 0.717) is 17.9 Å². The van der Waals surface area contributed by atoms with Gasteiger partial charge in [0.05, 0.1) is 20.3 Å². The molecule has 1 aliphatic rings. The Labute approximate surface area is 193 Å².